The number of aliphatic hydroxyl groups is 1. The Bertz CT molecular complexity index is 775. The minimum absolute atomic E-state index is 0.000849. The van der Waals surface area contributed by atoms with Gasteiger partial charge in [-0.15, -0.1) is 0 Å². The number of carbonyl (C=O) groups is 2. The van der Waals surface area contributed by atoms with Crippen molar-refractivity contribution in [3.05, 3.63) is 0 Å². The molecule has 8 nitrogen and oxygen atoms in total. The van der Waals surface area contributed by atoms with Gasteiger partial charge in [0.25, 0.3) is 0 Å². The van der Waals surface area contributed by atoms with E-state index in [4.69, 9.17) is 4.55 Å². The number of aliphatic hydroxyl groups excluding tert-OH is 1. The Labute approximate surface area is 291 Å². The van der Waals surface area contributed by atoms with E-state index in [2.05, 4.69) is 23.3 Å². The van der Waals surface area contributed by atoms with Crippen LogP contribution in [-0.4, -0.2) is 54.9 Å². The fraction of sp³-hybridized carbons (Fsp3) is 0.947. The average molecular weight is 692 g/mol. The standard InChI is InChI=1S/C37H73NO3.CH4O4S/c1-5-7-9-11-13-15-17-19-21-23-25-27-29-31-35(40)37(4,38-33-34(3)39)36(41)32-30-28-26-24-22-20-18-16-14-12-10-8-6-2;1-5-6(2,3)4/h34,38-39H,5-33H2,1-4H3;1H3,(H,2,3,4). The molecular weight excluding hydrogens is 614 g/mol. The molecular formula is C38H77NO7S. The fourth-order valence-corrected chi connectivity index (χ4v) is 5.81. The van der Waals surface area contributed by atoms with Crippen LogP contribution < -0.4 is 5.32 Å². The lowest BCUT2D eigenvalue weighted by molar-refractivity contribution is -0.136. The van der Waals surface area contributed by atoms with Crippen LogP contribution in [0.1, 0.15) is 207 Å². The van der Waals surface area contributed by atoms with E-state index in [0.717, 1.165) is 32.8 Å². The monoisotopic (exact) mass is 692 g/mol. The molecule has 0 heterocycles. The third-order valence-electron chi connectivity index (χ3n) is 9.09. The maximum atomic E-state index is 13.2. The first-order valence-corrected chi connectivity index (χ1v) is 20.8. The van der Waals surface area contributed by atoms with Crippen LogP contribution in [-0.2, 0) is 24.2 Å². The lowest BCUT2D eigenvalue weighted by Crippen LogP contribution is -2.57. The first-order valence-electron chi connectivity index (χ1n) is 19.5. The van der Waals surface area contributed by atoms with E-state index in [9.17, 15) is 23.1 Å². The van der Waals surface area contributed by atoms with Gasteiger partial charge in [0.1, 0.15) is 5.54 Å². The van der Waals surface area contributed by atoms with Gasteiger partial charge in [-0.3, -0.25) is 23.6 Å². The molecule has 47 heavy (non-hydrogen) atoms. The van der Waals surface area contributed by atoms with Crippen molar-refractivity contribution in [2.24, 2.45) is 0 Å². The highest BCUT2D eigenvalue weighted by molar-refractivity contribution is 7.80. The van der Waals surface area contributed by atoms with Gasteiger partial charge in [0.05, 0.1) is 13.2 Å². The van der Waals surface area contributed by atoms with Gasteiger partial charge in [-0.2, -0.15) is 8.42 Å². The molecule has 0 aromatic carbocycles. The molecule has 282 valence electrons. The number of hydrogen-bond acceptors (Lipinski definition) is 7. The summed E-state index contributed by atoms with van der Waals surface area (Å²) in [6.07, 6.45) is 33.5. The second-order valence-corrected chi connectivity index (χ2v) is 15.0. The first-order chi connectivity index (χ1) is 22.4. The van der Waals surface area contributed by atoms with Crippen LogP contribution in [0.4, 0.5) is 0 Å². The summed E-state index contributed by atoms with van der Waals surface area (Å²) in [4.78, 5) is 26.4. The highest BCUT2D eigenvalue weighted by Gasteiger charge is 2.38. The molecule has 0 aromatic rings. The molecule has 0 spiro atoms. The number of nitrogens with one attached hydrogen (secondary N) is 1. The second-order valence-electron chi connectivity index (χ2n) is 13.8. The Morgan fingerprint density at radius 3 is 1.04 bits per heavy atom. The van der Waals surface area contributed by atoms with E-state index in [-0.39, 0.29) is 18.1 Å². The maximum absolute atomic E-state index is 13.2. The van der Waals surface area contributed by atoms with Crippen LogP contribution in [0.3, 0.4) is 0 Å². The van der Waals surface area contributed by atoms with Gasteiger partial charge < -0.3 is 5.11 Å². The van der Waals surface area contributed by atoms with E-state index in [1.165, 1.54) is 141 Å². The van der Waals surface area contributed by atoms with Gasteiger partial charge in [0, 0.05) is 19.4 Å². The Kier molecular flexibility index (Phi) is 34.5. The van der Waals surface area contributed by atoms with Gasteiger partial charge in [0.15, 0.2) is 11.6 Å². The third kappa shape index (κ3) is 33.4. The molecule has 0 bridgehead atoms. The van der Waals surface area contributed by atoms with Crippen LogP contribution in [0.25, 0.3) is 0 Å². The van der Waals surface area contributed by atoms with E-state index in [0.29, 0.717) is 12.8 Å². The SMILES string of the molecule is CCCCCCCCCCCCCCCC(=O)C(C)(NCC(C)O)C(=O)CCCCCCCCCCCCCCC.COS(=O)(=O)O. The summed E-state index contributed by atoms with van der Waals surface area (Å²) in [5, 5.41) is 12.9. The zero-order valence-electron chi connectivity index (χ0n) is 31.4. The van der Waals surface area contributed by atoms with Crippen molar-refractivity contribution >= 4 is 22.0 Å². The van der Waals surface area contributed by atoms with Gasteiger partial charge in [-0.25, -0.2) is 0 Å². The Morgan fingerprint density at radius 1 is 0.596 bits per heavy atom. The molecule has 1 unspecified atom stereocenters. The van der Waals surface area contributed by atoms with Crippen molar-refractivity contribution in [3.63, 3.8) is 0 Å². The molecule has 0 aromatic heterocycles. The molecule has 0 saturated heterocycles. The Morgan fingerprint density at radius 2 is 0.830 bits per heavy atom. The van der Waals surface area contributed by atoms with Crippen LogP contribution in [0, 0.1) is 0 Å². The zero-order valence-corrected chi connectivity index (χ0v) is 32.2. The summed E-state index contributed by atoms with van der Waals surface area (Å²) < 4.78 is 29.7. The zero-order chi connectivity index (χ0) is 35.7. The first kappa shape index (κ1) is 48.2. The summed E-state index contributed by atoms with van der Waals surface area (Å²) >= 11 is 0. The highest BCUT2D eigenvalue weighted by Crippen LogP contribution is 2.19. The predicted molar refractivity (Wildman–Crippen MR) is 197 cm³/mol. The number of carbonyl (C=O) groups excluding carboxylic acids is 2. The third-order valence-corrected chi connectivity index (χ3v) is 9.51. The molecule has 1 atom stereocenters. The number of β-amino-alcohol motifs (C(OH)–C–C–N with tert-alkyl or cyclic N) is 1. The Balaban J connectivity index is 0. The number of rotatable bonds is 34. The van der Waals surface area contributed by atoms with Gasteiger partial charge in [0.2, 0.25) is 0 Å². The van der Waals surface area contributed by atoms with Crippen molar-refractivity contribution in [1.29, 1.82) is 0 Å². The van der Waals surface area contributed by atoms with E-state index < -0.39 is 22.0 Å². The van der Waals surface area contributed by atoms with Crippen molar-refractivity contribution in [2.75, 3.05) is 13.7 Å². The minimum Gasteiger partial charge on any atom is -0.392 e. The van der Waals surface area contributed by atoms with Crippen LogP contribution in [0.2, 0.25) is 0 Å². The highest BCUT2D eigenvalue weighted by atomic mass is 32.3. The van der Waals surface area contributed by atoms with Crippen molar-refractivity contribution < 1.29 is 31.8 Å². The molecule has 0 aliphatic rings. The molecule has 0 aliphatic carbocycles. The van der Waals surface area contributed by atoms with Gasteiger partial charge in [-0.1, -0.05) is 168 Å². The summed E-state index contributed by atoms with van der Waals surface area (Å²) in [6, 6.07) is 0. The normalized spacial score (nSPS) is 12.5. The average Bonchev–Trinajstić information content (AvgIpc) is 3.03. The van der Waals surface area contributed by atoms with E-state index in [1.54, 1.807) is 13.8 Å². The molecule has 9 heteroatoms. The summed E-state index contributed by atoms with van der Waals surface area (Å²) in [5.41, 5.74) is -1.16. The summed E-state index contributed by atoms with van der Waals surface area (Å²) in [7, 11) is -3.29. The number of Topliss-reactive ketones (excluding diaryl/α,β-unsaturated/α-hetero) is 2. The van der Waals surface area contributed by atoms with Gasteiger partial charge in [-0.05, 0) is 26.7 Å². The fourth-order valence-electron chi connectivity index (χ4n) is 5.81. The lowest BCUT2D eigenvalue weighted by atomic mass is 9.85. The van der Waals surface area contributed by atoms with E-state index >= 15 is 0 Å². The molecule has 0 amide bonds. The smallest absolute Gasteiger partial charge is 0.392 e. The largest absolute Gasteiger partial charge is 0.397 e. The van der Waals surface area contributed by atoms with E-state index in [1.807, 2.05) is 0 Å². The van der Waals surface area contributed by atoms with Crippen molar-refractivity contribution in [2.45, 2.75) is 219 Å². The van der Waals surface area contributed by atoms with Gasteiger partial charge >= 0.3 is 10.4 Å². The topological polar surface area (TPSA) is 130 Å². The quantitative estimate of drug-likeness (QED) is 0.0345. The number of ketones is 2. The lowest BCUT2D eigenvalue weighted by Gasteiger charge is -2.29. The molecule has 0 fully saturated rings. The molecule has 3 N–H and O–H groups in total. The van der Waals surface area contributed by atoms with Crippen LogP contribution >= 0.6 is 0 Å². The molecule has 0 saturated carbocycles. The second kappa shape index (κ2) is 33.6. The van der Waals surface area contributed by atoms with Crippen molar-refractivity contribution in [1.82, 2.24) is 5.32 Å². The minimum atomic E-state index is -4.16. The molecule has 0 rings (SSSR count). The number of hydrogen-bond donors (Lipinski definition) is 3. The number of unbranched alkanes of at least 4 members (excludes halogenated alkanes) is 24. The van der Waals surface area contributed by atoms with Crippen LogP contribution in [0.15, 0.2) is 0 Å². The predicted octanol–water partition coefficient (Wildman–Crippen LogP) is 10.3. The maximum Gasteiger partial charge on any atom is 0.397 e. The summed E-state index contributed by atoms with van der Waals surface area (Å²) in [6.45, 7) is 8.26. The molecule has 0 radical (unpaired) electrons. The van der Waals surface area contributed by atoms with Crippen molar-refractivity contribution in [3.8, 4) is 0 Å². The summed E-state index contributed by atoms with van der Waals surface area (Å²) in [5.74, 6) is 0.00170. The van der Waals surface area contributed by atoms with Crippen LogP contribution in [0.5, 0.6) is 0 Å². The molecule has 0 aliphatic heterocycles. The Hall–Kier alpha value is -0.870.